The summed E-state index contributed by atoms with van der Waals surface area (Å²) in [4.78, 5) is 28.5. The first-order chi connectivity index (χ1) is 14.0. The van der Waals surface area contributed by atoms with Crippen molar-refractivity contribution in [3.05, 3.63) is 34.8 Å². The number of aromatic nitrogens is 3. The van der Waals surface area contributed by atoms with Gasteiger partial charge in [-0.3, -0.25) is 9.89 Å². The Morgan fingerprint density at radius 2 is 2.31 bits per heavy atom. The van der Waals surface area contributed by atoms with Gasteiger partial charge in [0.25, 0.3) is 5.91 Å². The molecule has 0 aliphatic carbocycles. The molecule has 2 atom stereocenters. The van der Waals surface area contributed by atoms with Crippen molar-refractivity contribution in [3.63, 3.8) is 0 Å². The number of carbonyl (C=O) groups is 2. The number of hydrogen-bond donors (Lipinski definition) is 2. The Balaban J connectivity index is 1.37. The van der Waals surface area contributed by atoms with Crippen LogP contribution in [0, 0.1) is 12.3 Å². The summed E-state index contributed by atoms with van der Waals surface area (Å²) in [6, 6.07) is 0. The molecule has 1 fully saturated rings. The maximum absolute atomic E-state index is 12.6. The Kier molecular flexibility index (Phi) is 5.40. The molecule has 9 heteroatoms. The predicted octanol–water partition coefficient (Wildman–Crippen LogP) is 1.97. The summed E-state index contributed by atoms with van der Waals surface area (Å²) in [5, 5.41) is 10.5. The second kappa shape index (κ2) is 7.98. The molecule has 2 aliphatic rings. The first kappa shape index (κ1) is 19.6. The molecule has 2 aromatic heterocycles. The van der Waals surface area contributed by atoms with E-state index in [1.807, 2.05) is 6.92 Å². The summed E-state index contributed by atoms with van der Waals surface area (Å²) in [6.45, 7) is 5.12. The fourth-order valence-corrected chi connectivity index (χ4v) is 4.27. The lowest BCUT2D eigenvalue weighted by Crippen LogP contribution is -2.44. The van der Waals surface area contributed by atoms with Gasteiger partial charge in [-0.05, 0) is 31.1 Å². The van der Waals surface area contributed by atoms with Crippen LogP contribution in [0.1, 0.15) is 64.4 Å². The van der Waals surface area contributed by atoms with Gasteiger partial charge in [0.1, 0.15) is 0 Å². The molecular formula is C20H26N4O5. The molecule has 1 spiro atoms. The van der Waals surface area contributed by atoms with Crippen molar-refractivity contribution in [1.29, 1.82) is 0 Å². The van der Waals surface area contributed by atoms with E-state index in [-0.39, 0.29) is 29.8 Å². The second-order valence-corrected chi connectivity index (χ2v) is 7.85. The lowest BCUT2D eigenvalue weighted by Gasteiger charge is -2.40. The summed E-state index contributed by atoms with van der Waals surface area (Å²) in [6.07, 6.45) is 5.03. The molecule has 2 aliphatic heterocycles. The van der Waals surface area contributed by atoms with E-state index in [2.05, 4.69) is 20.5 Å². The van der Waals surface area contributed by atoms with Crippen molar-refractivity contribution in [1.82, 2.24) is 20.5 Å². The minimum absolute atomic E-state index is 0.0416. The molecule has 156 valence electrons. The van der Waals surface area contributed by atoms with Gasteiger partial charge >= 0.3 is 5.97 Å². The van der Waals surface area contributed by atoms with Crippen LogP contribution in [-0.4, -0.2) is 52.9 Å². The lowest BCUT2D eigenvalue weighted by molar-refractivity contribution is -0.0577. The van der Waals surface area contributed by atoms with Gasteiger partial charge < -0.3 is 19.2 Å². The van der Waals surface area contributed by atoms with Crippen LogP contribution in [0.5, 0.6) is 0 Å². The van der Waals surface area contributed by atoms with E-state index in [0.29, 0.717) is 37.4 Å². The minimum Gasteiger partial charge on any atom is -0.460 e. The molecule has 4 heterocycles. The summed E-state index contributed by atoms with van der Waals surface area (Å²) >= 11 is 0. The molecule has 2 unspecified atom stereocenters. The van der Waals surface area contributed by atoms with E-state index in [1.165, 1.54) is 6.20 Å². The summed E-state index contributed by atoms with van der Waals surface area (Å²) in [5.41, 5.74) is 2.33. The number of nitrogens with one attached hydrogen (secondary N) is 2. The Morgan fingerprint density at radius 3 is 3.07 bits per heavy atom. The number of carbonyl (C=O) groups excluding carboxylic acids is 2. The summed E-state index contributed by atoms with van der Waals surface area (Å²) in [5.74, 6) is -0.0447. The van der Waals surface area contributed by atoms with E-state index < -0.39 is 5.97 Å². The van der Waals surface area contributed by atoms with Crippen LogP contribution in [0.15, 0.2) is 10.6 Å². The van der Waals surface area contributed by atoms with Crippen LogP contribution in [0.3, 0.4) is 0 Å². The number of amides is 1. The van der Waals surface area contributed by atoms with Gasteiger partial charge in [0.15, 0.2) is 5.89 Å². The van der Waals surface area contributed by atoms with Crippen LogP contribution < -0.4 is 5.32 Å². The van der Waals surface area contributed by atoms with Gasteiger partial charge in [-0.15, -0.1) is 0 Å². The topological polar surface area (TPSA) is 119 Å². The van der Waals surface area contributed by atoms with Crippen molar-refractivity contribution in [2.24, 2.45) is 5.41 Å². The number of H-pyrrole nitrogens is 1. The van der Waals surface area contributed by atoms with E-state index in [4.69, 9.17) is 13.9 Å². The van der Waals surface area contributed by atoms with Crippen LogP contribution in [0.4, 0.5) is 0 Å². The number of nitrogens with zero attached hydrogens (tertiary/aromatic N) is 2. The Hall–Kier alpha value is -2.68. The largest absolute Gasteiger partial charge is 0.460 e. The molecule has 1 amide bonds. The number of esters is 1. The number of oxazole rings is 1. The Labute approximate surface area is 168 Å². The average Bonchev–Trinajstić information content (AvgIpc) is 3.29. The van der Waals surface area contributed by atoms with Crippen molar-refractivity contribution >= 4 is 11.9 Å². The van der Waals surface area contributed by atoms with Crippen LogP contribution in [0.25, 0.3) is 0 Å². The third kappa shape index (κ3) is 4.05. The monoisotopic (exact) mass is 402 g/mol. The molecule has 4 rings (SSSR count). The standard InChI is InChI=1S/C20H26N4O5/c1-3-14-17-15(24-23-14)9-20(11-22-18(17)25)5-7-27-13(8-20)4-6-28-19(26)16-10-21-12(2)29-16/h10,13H,3-9,11H2,1-2H3,(H,22,25)(H,23,24). The smallest absolute Gasteiger partial charge is 0.375 e. The lowest BCUT2D eigenvalue weighted by atomic mass is 9.74. The second-order valence-electron chi connectivity index (χ2n) is 7.85. The number of aromatic amines is 1. The molecule has 0 bridgehead atoms. The third-order valence-corrected chi connectivity index (χ3v) is 5.80. The van der Waals surface area contributed by atoms with Crippen molar-refractivity contribution in [2.45, 2.75) is 52.1 Å². The number of hydrogen-bond acceptors (Lipinski definition) is 7. The Morgan fingerprint density at radius 1 is 1.45 bits per heavy atom. The number of ether oxygens (including phenoxy) is 2. The van der Waals surface area contributed by atoms with Crippen LogP contribution >= 0.6 is 0 Å². The molecule has 0 radical (unpaired) electrons. The zero-order valence-corrected chi connectivity index (χ0v) is 16.7. The maximum atomic E-state index is 12.6. The molecule has 0 aromatic carbocycles. The minimum atomic E-state index is -0.521. The average molecular weight is 402 g/mol. The first-order valence-corrected chi connectivity index (χ1v) is 10.0. The van der Waals surface area contributed by atoms with E-state index in [9.17, 15) is 9.59 Å². The molecule has 29 heavy (non-hydrogen) atoms. The molecular weight excluding hydrogens is 376 g/mol. The van der Waals surface area contributed by atoms with Gasteiger partial charge in [-0.1, -0.05) is 6.92 Å². The van der Waals surface area contributed by atoms with Crippen molar-refractivity contribution in [2.75, 3.05) is 19.8 Å². The molecule has 1 saturated heterocycles. The zero-order valence-electron chi connectivity index (χ0n) is 16.7. The van der Waals surface area contributed by atoms with Crippen molar-refractivity contribution < 1.29 is 23.5 Å². The summed E-state index contributed by atoms with van der Waals surface area (Å²) < 4.78 is 16.4. The van der Waals surface area contributed by atoms with Crippen LogP contribution in [-0.2, 0) is 22.3 Å². The number of rotatable bonds is 5. The highest BCUT2D eigenvalue weighted by atomic mass is 16.5. The summed E-state index contributed by atoms with van der Waals surface area (Å²) in [7, 11) is 0. The highest BCUT2D eigenvalue weighted by Gasteiger charge is 2.41. The number of aryl methyl sites for hydroxylation is 2. The maximum Gasteiger partial charge on any atom is 0.375 e. The fraction of sp³-hybridized carbons (Fsp3) is 0.600. The Bertz CT molecular complexity index is 905. The van der Waals surface area contributed by atoms with Gasteiger partial charge in [0.05, 0.1) is 30.2 Å². The normalized spacial score (nSPS) is 24.1. The van der Waals surface area contributed by atoms with Gasteiger partial charge in [0.2, 0.25) is 5.76 Å². The quantitative estimate of drug-likeness (QED) is 0.734. The van der Waals surface area contributed by atoms with Gasteiger partial charge in [-0.25, -0.2) is 9.78 Å². The van der Waals surface area contributed by atoms with Gasteiger partial charge in [-0.2, -0.15) is 5.10 Å². The van der Waals surface area contributed by atoms with E-state index >= 15 is 0 Å². The van der Waals surface area contributed by atoms with Crippen molar-refractivity contribution in [3.8, 4) is 0 Å². The SMILES string of the molecule is CCc1n[nH]c2c1C(=O)NCC1(CCOC(CCOC(=O)c3cnc(C)o3)C1)C2. The van der Waals surface area contributed by atoms with Crippen LogP contribution in [0.2, 0.25) is 0 Å². The van der Waals surface area contributed by atoms with E-state index in [0.717, 1.165) is 30.7 Å². The van der Waals surface area contributed by atoms with E-state index in [1.54, 1.807) is 6.92 Å². The third-order valence-electron chi connectivity index (χ3n) is 5.80. The highest BCUT2D eigenvalue weighted by Crippen LogP contribution is 2.39. The molecule has 2 aromatic rings. The first-order valence-electron chi connectivity index (χ1n) is 10.0. The highest BCUT2D eigenvalue weighted by molar-refractivity contribution is 5.96. The number of fused-ring (bicyclic) bond motifs is 1. The predicted molar refractivity (Wildman–Crippen MR) is 102 cm³/mol. The molecule has 0 saturated carbocycles. The molecule has 9 nitrogen and oxygen atoms in total. The fourth-order valence-electron chi connectivity index (χ4n) is 4.27. The van der Waals surface area contributed by atoms with Gasteiger partial charge in [0, 0.05) is 32.2 Å². The molecule has 2 N–H and O–H groups in total. The zero-order chi connectivity index (χ0) is 20.4.